The van der Waals surface area contributed by atoms with Crippen LogP contribution >= 0.6 is 0 Å². The van der Waals surface area contributed by atoms with E-state index < -0.39 is 6.04 Å². The Morgan fingerprint density at radius 1 is 1.21 bits per heavy atom. The molecule has 2 N–H and O–H groups in total. The molecule has 34 heavy (non-hydrogen) atoms. The number of benzene rings is 1. The number of ether oxygens (including phenoxy) is 1. The van der Waals surface area contributed by atoms with E-state index in [1.165, 1.54) is 0 Å². The molecule has 2 aliphatic heterocycles. The summed E-state index contributed by atoms with van der Waals surface area (Å²) in [4.78, 5) is 21.4. The van der Waals surface area contributed by atoms with Crippen LogP contribution in [0.1, 0.15) is 54.6 Å². The molecule has 2 aromatic heterocycles. The molecule has 0 saturated carbocycles. The molecule has 9 heteroatoms. The lowest BCUT2D eigenvalue weighted by Crippen LogP contribution is -2.31. The van der Waals surface area contributed by atoms with Gasteiger partial charge in [0.1, 0.15) is 6.04 Å². The molecule has 1 aromatic carbocycles. The standard InChI is InChI=1S/C25H27N7O2/c1-15-12-27-25(30-19-13-28-32(14-19)20-9-21-7-8-22(10-20)34-21)31-23(15)17-3-5-18(6-4-17)24(33)29-16(2)11-26/h3-6,12-14,16,20-22H,7-10H2,1-2H3,(H,29,33)(H,27,30,31)/t16-,20?,21-,22+/m0/s1. The second kappa shape index (κ2) is 9.23. The number of amides is 1. The van der Waals surface area contributed by atoms with Gasteiger partial charge in [0.2, 0.25) is 5.95 Å². The van der Waals surface area contributed by atoms with Crippen molar-refractivity contribution >= 4 is 17.5 Å². The van der Waals surface area contributed by atoms with Gasteiger partial charge >= 0.3 is 0 Å². The third-order valence-corrected chi connectivity index (χ3v) is 6.43. The number of anilines is 2. The predicted molar refractivity (Wildman–Crippen MR) is 126 cm³/mol. The monoisotopic (exact) mass is 457 g/mol. The van der Waals surface area contributed by atoms with Crippen molar-refractivity contribution in [1.82, 2.24) is 25.1 Å². The molecule has 2 aliphatic rings. The van der Waals surface area contributed by atoms with E-state index in [9.17, 15) is 4.79 Å². The number of fused-ring (bicyclic) bond motifs is 2. The fourth-order valence-electron chi connectivity index (χ4n) is 4.66. The second-order valence-electron chi connectivity index (χ2n) is 9.04. The molecule has 2 fully saturated rings. The van der Waals surface area contributed by atoms with Gasteiger partial charge in [0.15, 0.2) is 0 Å². The molecule has 9 nitrogen and oxygen atoms in total. The van der Waals surface area contributed by atoms with Crippen LogP contribution in [-0.2, 0) is 4.74 Å². The van der Waals surface area contributed by atoms with Gasteiger partial charge in [0.05, 0.1) is 41.9 Å². The highest BCUT2D eigenvalue weighted by atomic mass is 16.5. The number of aromatic nitrogens is 4. The topological polar surface area (TPSA) is 118 Å². The highest BCUT2D eigenvalue weighted by molar-refractivity contribution is 5.95. The van der Waals surface area contributed by atoms with Gasteiger partial charge in [-0.25, -0.2) is 9.97 Å². The zero-order chi connectivity index (χ0) is 23.7. The number of aryl methyl sites for hydroxylation is 1. The van der Waals surface area contributed by atoms with Crippen molar-refractivity contribution in [3.63, 3.8) is 0 Å². The van der Waals surface area contributed by atoms with Crippen LogP contribution in [-0.4, -0.2) is 43.9 Å². The van der Waals surface area contributed by atoms with Gasteiger partial charge in [0.25, 0.3) is 5.91 Å². The quantitative estimate of drug-likeness (QED) is 0.576. The maximum Gasteiger partial charge on any atom is 0.252 e. The maximum absolute atomic E-state index is 12.2. The van der Waals surface area contributed by atoms with E-state index in [-0.39, 0.29) is 5.91 Å². The third kappa shape index (κ3) is 4.63. The van der Waals surface area contributed by atoms with Crippen LogP contribution in [0.3, 0.4) is 0 Å². The lowest BCUT2D eigenvalue weighted by Gasteiger charge is -2.28. The molecule has 1 amide bonds. The van der Waals surface area contributed by atoms with E-state index in [4.69, 9.17) is 15.0 Å². The summed E-state index contributed by atoms with van der Waals surface area (Å²) in [5.74, 6) is 0.203. The lowest BCUT2D eigenvalue weighted by molar-refractivity contribution is -0.0180. The smallest absolute Gasteiger partial charge is 0.252 e. The number of carbonyl (C=O) groups excluding carboxylic acids is 1. The van der Waals surface area contributed by atoms with Crippen LogP contribution in [0, 0.1) is 18.3 Å². The maximum atomic E-state index is 12.2. The Hall–Kier alpha value is -3.77. The Morgan fingerprint density at radius 3 is 2.65 bits per heavy atom. The minimum Gasteiger partial charge on any atom is -0.375 e. The van der Waals surface area contributed by atoms with Crippen molar-refractivity contribution in [2.24, 2.45) is 0 Å². The molecular formula is C25H27N7O2. The number of rotatable bonds is 6. The van der Waals surface area contributed by atoms with E-state index in [1.54, 1.807) is 31.5 Å². The molecule has 0 radical (unpaired) electrons. The molecule has 174 valence electrons. The van der Waals surface area contributed by atoms with E-state index in [0.29, 0.717) is 29.8 Å². The van der Waals surface area contributed by atoms with Crippen molar-refractivity contribution in [2.45, 2.75) is 63.8 Å². The van der Waals surface area contributed by atoms with Gasteiger partial charge < -0.3 is 15.4 Å². The van der Waals surface area contributed by atoms with Crippen molar-refractivity contribution in [2.75, 3.05) is 5.32 Å². The predicted octanol–water partition coefficient (Wildman–Crippen LogP) is 3.92. The van der Waals surface area contributed by atoms with Crippen LogP contribution in [0.5, 0.6) is 0 Å². The SMILES string of the molecule is Cc1cnc(Nc2cnn(C3C[C@H]4CC[C@@H](C3)O4)c2)nc1-c1ccc(C(=O)N[C@@H](C)C#N)cc1. The zero-order valence-corrected chi connectivity index (χ0v) is 19.2. The summed E-state index contributed by atoms with van der Waals surface area (Å²) >= 11 is 0. The molecule has 3 aromatic rings. The molecule has 4 atom stereocenters. The Balaban J connectivity index is 1.29. The number of hydrogen-bond donors (Lipinski definition) is 2. The van der Waals surface area contributed by atoms with Crippen LogP contribution in [0.15, 0.2) is 42.9 Å². The molecule has 1 unspecified atom stereocenters. The van der Waals surface area contributed by atoms with Crippen LogP contribution in [0.2, 0.25) is 0 Å². The molecule has 4 heterocycles. The summed E-state index contributed by atoms with van der Waals surface area (Å²) in [7, 11) is 0. The summed E-state index contributed by atoms with van der Waals surface area (Å²) < 4.78 is 7.98. The van der Waals surface area contributed by atoms with Crippen LogP contribution < -0.4 is 10.6 Å². The first-order valence-electron chi connectivity index (χ1n) is 11.6. The van der Waals surface area contributed by atoms with E-state index >= 15 is 0 Å². The molecule has 0 aliphatic carbocycles. The first-order valence-corrected chi connectivity index (χ1v) is 11.6. The van der Waals surface area contributed by atoms with Gasteiger partial charge in [-0.15, -0.1) is 0 Å². The molecule has 0 spiro atoms. The lowest BCUT2D eigenvalue weighted by atomic mass is 10.0. The average molecular weight is 458 g/mol. The average Bonchev–Trinajstić information content (AvgIpc) is 3.45. The summed E-state index contributed by atoms with van der Waals surface area (Å²) in [5, 5.41) is 19.4. The number of hydrogen-bond acceptors (Lipinski definition) is 7. The number of nitrogens with zero attached hydrogens (tertiary/aromatic N) is 5. The van der Waals surface area contributed by atoms with Crippen LogP contribution in [0.25, 0.3) is 11.3 Å². The summed E-state index contributed by atoms with van der Waals surface area (Å²) in [6.07, 6.45) is 10.6. The first kappa shape index (κ1) is 22.0. The fraction of sp³-hybridized carbons (Fsp3) is 0.400. The van der Waals surface area contributed by atoms with Gasteiger partial charge in [-0.05, 0) is 57.2 Å². The van der Waals surface area contributed by atoms with Gasteiger partial charge in [0, 0.05) is 23.5 Å². The van der Waals surface area contributed by atoms with Crippen molar-refractivity contribution in [3.05, 3.63) is 54.0 Å². The normalized spacial score (nSPS) is 22.1. The highest BCUT2D eigenvalue weighted by Crippen LogP contribution is 2.38. The Labute approximate surface area is 198 Å². The fourth-order valence-corrected chi connectivity index (χ4v) is 4.66. The van der Waals surface area contributed by atoms with E-state index in [2.05, 4.69) is 20.7 Å². The largest absolute Gasteiger partial charge is 0.375 e. The number of nitriles is 1. The Bertz CT molecular complexity index is 1220. The molecule has 5 rings (SSSR count). The molecule has 2 bridgehead atoms. The summed E-state index contributed by atoms with van der Waals surface area (Å²) in [6.45, 7) is 3.59. The van der Waals surface area contributed by atoms with Crippen molar-refractivity contribution in [1.29, 1.82) is 5.26 Å². The van der Waals surface area contributed by atoms with Crippen molar-refractivity contribution < 1.29 is 9.53 Å². The summed E-state index contributed by atoms with van der Waals surface area (Å²) in [5.41, 5.74) is 3.91. The number of nitrogens with one attached hydrogen (secondary N) is 2. The number of carbonyl (C=O) groups is 1. The first-order chi connectivity index (χ1) is 16.5. The van der Waals surface area contributed by atoms with Gasteiger partial charge in [-0.1, -0.05) is 12.1 Å². The molecular weight excluding hydrogens is 430 g/mol. The van der Waals surface area contributed by atoms with Gasteiger partial charge in [-0.3, -0.25) is 9.48 Å². The van der Waals surface area contributed by atoms with E-state index in [0.717, 1.165) is 48.2 Å². The highest BCUT2D eigenvalue weighted by Gasteiger charge is 2.36. The van der Waals surface area contributed by atoms with Crippen LogP contribution in [0.4, 0.5) is 11.6 Å². The third-order valence-electron chi connectivity index (χ3n) is 6.43. The minimum absolute atomic E-state index is 0.281. The van der Waals surface area contributed by atoms with Gasteiger partial charge in [-0.2, -0.15) is 10.4 Å². The molecule has 2 saturated heterocycles. The Morgan fingerprint density at radius 2 is 1.94 bits per heavy atom. The zero-order valence-electron chi connectivity index (χ0n) is 19.2. The van der Waals surface area contributed by atoms with Crippen molar-refractivity contribution in [3.8, 4) is 17.3 Å². The van der Waals surface area contributed by atoms with E-state index in [1.807, 2.05) is 36.0 Å². The Kier molecular flexibility index (Phi) is 5.99. The minimum atomic E-state index is -0.546. The second-order valence-corrected chi connectivity index (χ2v) is 9.04. The summed E-state index contributed by atoms with van der Waals surface area (Å²) in [6, 6.07) is 8.97.